The van der Waals surface area contributed by atoms with Gasteiger partial charge in [0.05, 0.1) is 6.42 Å². The summed E-state index contributed by atoms with van der Waals surface area (Å²) >= 11 is 1.71. The molecule has 0 aromatic rings. The molecular weight excluding hydrogens is 174 g/mol. The minimum Gasteiger partial charge on any atom is -0.481 e. The van der Waals surface area contributed by atoms with Gasteiger partial charge in [-0.3, -0.25) is 4.79 Å². The van der Waals surface area contributed by atoms with Gasteiger partial charge in [0, 0.05) is 10.8 Å². The third-order valence-corrected chi connectivity index (χ3v) is 3.02. The molecule has 0 heterocycles. The molecule has 3 N–H and O–H groups in total. The Hall–Kier alpha value is -0.220. The minimum atomic E-state index is -0.820. The van der Waals surface area contributed by atoms with Gasteiger partial charge in [0.15, 0.2) is 0 Å². The number of carboxylic acid groups (broad SMARTS) is 1. The maximum Gasteiger partial charge on any atom is 0.304 e. The van der Waals surface area contributed by atoms with Gasteiger partial charge in [0.1, 0.15) is 0 Å². The minimum absolute atomic E-state index is 0.0595. The van der Waals surface area contributed by atoms with Crippen LogP contribution in [0.25, 0.3) is 0 Å². The number of carboxylic acids is 1. The highest BCUT2D eigenvalue weighted by molar-refractivity contribution is 7.99. The zero-order chi connectivity index (χ0) is 9.78. The van der Waals surface area contributed by atoms with E-state index < -0.39 is 5.97 Å². The molecule has 0 aliphatic carbocycles. The molecule has 0 spiro atoms. The van der Waals surface area contributed by atoms with E-state index in [0.29, 0.717) is 0 Å². The standard InChI is InChI=1S/C8H17NO2S/c1-8(2,12-3)5-6(9)4-7(10)11/h6H,4-5,9H2,1-3H3,(H,10,11). The van der Waals surface area contributed by atoms with Gasteiger partial charge in [0.25, 0.3) is 0 Å². The van der Waals surface area contributed by atoms with Gasteiger partial charge in [-0.15, -0.1) is 0 Å². The highest BCUT2D eigenvalue weighted by atomic mass is 32.2. The molecule has 0 aromatic heterocycles. The predicted molar refractivity (Wildman–Crippen MR) is 52.4 cm³/mol. The molecule has 0 aliphatic heterocycles. The number of rotatable bonds is 5. The van der Waals surface area contributed by atoms with Crippen molar-refractivity contribution in [1.29, 1.82) is 0 Å². The molecule has 12 heavy (non-hydrogen) atoms. The summed E-state index contributed by atoms with van der Waals surface area (Å²) in [5.74, 6) is -0.820. The van der Waals surface area contributed by atoms with Gasteiger partial charge < -0.3 is 10.8 Å². The molecule has 0 saturated heterocycles. The lowest BCUT2D eigenvalue weighted by atomic mass is 10.0. The van der Waals surface area contributed by atoms with E-state index in [0.717, 1.165) is 6.42 Å². The van der Waals surface area contributed by atoms with Crippen molar-refractivity contribution in [1.82, 2.24) is 0 Å². The van der Waals surface area contributed by atoms with Crippen molar-refractivity contribution >= 4 is 17.7 Å². The average Bonchev–Trinajstić information content (AvgIpc) is 1.84. The van der Waals surface area contributed by atoms with Gasteiger partial charge in [-0.2, -0.15) is 11.8 Å². The lowest BCUT2D eigenvalue weighted by Gasteiger charge is -2.24. The lowest BCUT2D eigenvalue weighted by molar-refractivity contribution is -0.137. The maximum absolute atomic E-state index is 10.3. The Morgan fingerprint density at radius 3 is 2.50 bits per heavy atom. The summed E-state index contributed by atoms with van der Waals surface area (Å²) < 4.78 is 0.0782. The first-order valence-electron chi connectivity index (χ1n) is 3.90. The van der Waals surface area contributed by atoms with Crippen molar-refractivity contribution < 1.29 is 9.90 Å². The molecule has 0 aromatic carbocycles. The summed E-state index contributed by atoms with van der Waals surface area (Å²) in [6, 6.07) is -0.232. The van der Waals surface area contributed by atoms with Crippen LogP contribution in [0, 0.1) is 0 Å². The lowest BCUT2D eigenvalue weighted by Crippen LogP contribution is -2.31. The third-order valence-electron chi connectivity index (χ3n) is 1.74. The van der Waals surface area contributed by atoms with Gasteiger partial charge in [-0.25, -0.2) is 0 Å². The maximum atomic E-state index is 10.3. The number of hydrogen-bond donors (Lipinski definition) is 2. The Bertz CT molecular complexity index is 159. The molecule has 0 aliphatic rings. The smallest absolute Gasteiger partial charge is 0.304 e. The molecule has 1 unspecified atom stereocenters. The molecule has 0 bridgehead atoms. The zero-order valence-electron chi connectivity index (χ0n) is 7.83. The summed E-state index contributed by atoms with van der Waals surface area (Å²) in [5.41, 5.74) is 5.64. The Morgan fingerprint density at radius 2 is 2.17 bits per heavy atom. The SMILES string of the molecule is CSC(C)(C)CC(N)CC(=O)O. The van der Waals surface area contributed by atoms with Crippen molar-refractivity contribution in [3.05, 3.63) is 0 Å². The van der Waals surface area contributed by atoms with Crippen LogP contribution in [0.3, 0.4) is 0 Å². The molecule has 0 radical (unpaired) electrons. The first-order chi connectivity index (χ1) is 5.37. The fourth-order valence-corrected chi connectivity index (χ4v) is 1.39. The number of carbonyl (C=O) groups is 1. The topological polar surface area (TPSA) is 63.3 Å². The van der Waals surface area contributed by atoms with Crippen molar-refractivity contribution in [2.45, 2.75) is 37.5 Å². The molecular formula is C8H17NO2S. The summed E-state index contributed by atoms with van der Waals surface area (Å²) in [6.45, 7) is 4.14. The number of hydrogen-bond acceptors (Lipinski definition) is 3. The van der Waals surface area contributed by atoms with Crippen LogP contribution < -0.4 is 5.73 Å². The van der Waals surface area contributed by atoms with E-state index in [1.807, 2.05) is 6.26 Å². The second kappa shape index (κ2) is 4.72. The third kappa shape index (κ3) is 5.43. The molecule has 1 atom stereocenters. The molecule has 0 fully saturated rings. The van der Waals surface area contributed by atoms with Crippen molar-refractivity contribution in [2.75, 3.05) is 6.26 Å². The molecule has 0 amide bonds. The second-order valence-corrected chi connectivity index (χ2v) is 5.04. The number of nitrogens with two attached hydrogens (primary N) is 1. The summed E-state index contributed by atoms with van der Waals surface area (Å²) in [5, 5.41) is 8.47. The monoisotopic (exact) mass is 191 g/mol. The molecule has 0 saturated carbocycles. The first kappa shape index (κ1) is 11.8. The Morgan fingerprint density at radius 1 is 1.67 bits per heavy atom. The second-order valence-electron chi connectivity index (χ2n) is 3.53. The largest absolute Gasteiger partial charge is 0.481 e. The predicted octanol–water partition coefficient (Wildman–Crippen LogP) is 1.32. The fraction of sp³-hybridized carbons (Fsp3) is 0.875. The number of thioether (sulfide) groups is 1. The summed E-state index contributed by atoms with van der Waals surface area (Å²) in [7, 11) is 0. The first-order valence-corrected chi connectivity index (χ1v) is 5.12. The highest BCUT2D eigenvalue weighted by Crippen LogP contribution is 2.26. The molecule has 3 nitrogen and oxygen atoms in total. The van der Waals surface area contributed by atoms with Crippen LogP contribution in [-0.2, 0) is 4.79 Å². The fourth-order valence-electron chi connectivity index (χ4n) is 1.01. The van der Waals surface area contributed by atoms with Gasteiger partial charge in [-0.1, -0.05) is 13.8 Å². The van der Waals surface area contributed by atoms with E-state index in [1.54, 1.807) is 11.8 Å². The Kier molecular flexibility index (Phi) is 4.63. The molecule has 72 valence electrons. The van der Waals surface area contributed by atoms with Crippen LogP contribution in [0.4, 0.5) is 0 Å². The molecule has 0 rings (SSSR count). The Labute approximate surface area is 77.7 Å². The summed E-state index contributed by atoms with van der Waals surface area (Å²) in [4.78, 5) is 10.3. The number of aliphatic carboxylic acids is 1. The molecule has 4 heteroatoms. The van der Waals surface area contributed by atoms with Crippen molar-refractivity contribution in [2.24, 2.45) is 5.73 Å². The van der Waals surface area contributed by atoms with E-state index in [4.69, 9.17) is 10.8 Å². The van der Waals surface area contributed by atoms with E-state index in [2.05, 4.69) is 13.8 Å². The normalized spacial score (nSPS) is 14.3. The van der Waals surface area contributed by atoms with Crippen LogP contribution in [0.2, 0.25) is 0 Å². The van der Waals surface area contributed by atoms with Crippen LogP contribution in [0.15, 0.2) is 0 Å². The van der Waals surface area contributed by atoms with E-state index in [1.165, 1.54) is 0 Å². The quantitative estimate of drug-likeness (QED) is 0.688. The zero-order valence-corrected chi connectivity index (χ0v) is 8.65. The van der Waals surface area contributed by atoms with Gasteiger partial charge in [-0.05, 0) is 12.7 Å². The van der Waals surface area contributed by atoms with Crippen molar-refractivity contribution in [3.8, 4) is 0 Å². The van der Waals surface area contributed by atoms with E-state index in [9.17, 15) is 4.79 Å². The highest BCUT2D eigenvalue weighted by Gasteiger charge is 2.21. The van der Waals surface area contributed by atoms with Crippen LogP contribution in [-0.4, -0.2) is 28.1 Å². The Balaban J connectivity index is 3.83. The van der Waals surface area contributed by atoms with Crippen LogP contribution >= 0.6 is 11.8 Å². The van der Waals surface area contributed by atoms with E-state index >= 15 is 0 Å². The van der Waals surface area contributed by atoms with Crippen molar-refractivity contribution in [3.63, 3.8) is 0 Å². The summed E-state index contributed by atoms with van der Waals surface area (Å²) in [6.07, 6.45) is 2.80. The van der Waals surface area contributed by atoms with Gasteiger partial charge >= 0.3 is 5.97 Å². The average molecular weight is 191 g/mol. The van der Waals surface area contributed by atoms with Crippen LogP contribution in [0.5, 0.6) is 0 Å². The van der Waals surface area contributed by atoms with Crippen LogP contribution in [0.1, 0.15) is 26.7 Å². The van der Waals surface area contributed by atoms with E-state index in [-0.39, 0.29) is 17.2 Å². The van der Waals surface area contributed by atoms with Gasteiger partial charge in [0.2, 0.25) is 0 Å².